The maximum atomic E-state index is 4.48. The number of anilines is 1. The Bertz CT molecular complexity index is 673. The number of aryl methyl sites for hydroxylation is 1. The van der Waals surface area contributed by atoms with Gasteiger partial charge in [0.15, 0.2) is 0 Å². The predicted octanol–water partition coefficient (Wildman–Crippen LogP) is 4.22. The second kappa shape index (κ2) is 4.78. The summed E-state index contributed by atoms with van der Waals surface area (Å²) in [4.78, 5) is 4.48. The minimum absolute atomic E-state index is 0.761. The summed E-state index contributed by atoms with van der Waals surface area (Å²) >= 11 is 1.77. The molecule has 2 aromatic heterocycles. The van der Waals surface area contributed by atoms with Gasteiger partial charge in [-0.3, -0.25) is 4.98 Å². The van der Waals surface area contributed by atoms with Crippen LogP contribution in [-0.2, 0) is 6.54 Å². The van der Waals surface area contributed by atoms with Crippen LogP contribution in [0.25, 0.3) is 10.1 Å². The van der Waals surface area contributed by atoms with Crippen molar-refractivity contribution in [2.45, 2.75) is 13.5 Å². The van der Waals surface area contributed by atoms with Gasteiger partial charge in [-0.2, -0.15) is 0 Å². The van der Waals surface area contributed by atoms with Gasteiger partial charge < -0.3 is 5.32 Å². The summed E-state index contributed by atoms with van der Waals surface area (Å²) in [5, 5.41) is 6.83. The monoisotopic (exact) mass is 254 g/mol. The molecule has 2 heterocycles. The first kappa shape index (κ1) is 11.2. The van der Waals surface area contributed by atoms with Crippen molar-refractivity contribution >= 4 is 27.1 Å². The SMILES string of the molecule is Cc1cccc(CNc2ccc3sccc3c2)n1. The third-order valence-electron chi connectivity index (χ3n) is 2.87. The fourth-order valence-corrected chi connectivity index (χ4v) is 2.74. The first-order valence-electron chi connectivity index (χ1n) is 5.95. The molecular formula is C15H14N2S. The zero-order valence-corrected chi connectivity index (χ0v) is 11.0. The van der Waals surface area contributed by atoms with Crippen LogP contribution in [0.1, 0.15) is 11.4 Å². The molecule has 18 heavy (non-hydrogen) atoms. The largest absolute Gasteiger partial charge is 0.379 e. The lowest BCUT2D eigenvalue weighted by Crippen LogP contribution is -2.01. The van der Waals surface area contributed by atoms with E-state index in [0.29, 0.717) is 0 Å². The average molecular weight is 254 g/mol. The summed E-state index contributed by atoms with van der Waals surface area (Å²) in [5.74, 6) is 0. The van der Waals surface area contributed by atoms with Gasteiger partial charge in [0.05, 0.1) is 12.2 Å². The van der Waals surface area contributed by atoms with Gasteiger partial charge >= 0.3 is 0 Å². The molecule has 2 nitrogen and oxygen atoms in total. The van der Waals surface area contributed by atoms with E-state index in [1.165, 1.54) is 10.1 Å². The number of nitrogens with one attached hydrogen (secondary N) is 1. The Labute approximate surface area is 110 Å². The van der Waals surface area contributed by atoms with E-state index in [9.17, 15) is 0 Å². The molecule has 0 saturated carbocycles. The first-order valence-corrected chi connectivity index (χ1v) is 6.83. The Balaban J connectivity index is 1.76. The van der Waals surface area contributed by atoms with Crippen LogP contribution in [0.5, 0.6) is 0 Å². The van der Waals surface area contributed by atoms with E-state index in [-0.39, 0.29) is 0 Å². The lowest BCUT2D eigenvalue weighted by atomic mass is 10.2. The molecule has 0 saturated heterocycles. The van der Waals surface area contributed by atoms with Gasteiger partial charge in [0.2, 0.25) is 0 Å². The molecule has 0 spiro atoms. The lowest BCUT2D eigenvalue weighted by molar-refractivity contribution is 1.02. The average Bonchev–Trinajstić information content (AvgIpc) is 2.84. The molecule has 1 aromatic carbocycles. The highest BCUT2D eigenvalue weighted by Gasteiger charge is 1.98. The summed E-state index contributed by atoms with van der Waals surface area (Å²) in [6.45, 7) is 2.78. The molecule has 90 valence electrons. The quantitative estimate of drug-likeness (QED) is 0.757. The molecule has 3 aromatic rings. The predicted molar refractivity (Wildman–Crippen MR) is 78.1 cm³/mol. The second-order valence-corrected chi connectivity index (χ2v) is 5.24. The number of hydrogen-bond donors (Lipinski definition) is 1. The number of thiophene rings is 1. The number of fused-ring (bicyclic) bond motifs is 1. The molecule has 0 fully saturated rings. The smallest absolute Gasteiger partial charge is 0.0597 e. The highest BCUT2D eigenvalue weighted by atomic mass is 32.1. The van der Waals surface area contributed by atoms with E-state index in [1.807, 2.05) is 25.1 Å². The molecule has 0 atom stereocenters. The van der Waals surface area contributed by atoms with Crippen molar-refractivity contribution < 1.29 is 0 Å². The Morgan fingerprint density at radius 3 is 3.00 bits per heavy atom. The number of aromatic nitrogens is 1. The zero-order chi connectivity index (χ0) is 12.4. The molecule has 0 aliphatic carbocycles. The van der Waals surface area contributed by atoms with E-state index in [4.69, 9.17) is 0 Å². The van der Waals surface area contributed by atoms with Crippen LogP contribution in [0.15, 0.2) is 47.8 Å². The van der Waals surface area contributed by atoms with Gasteiger partial charge in [-0.1, -0.05) is 6.07 Å². The molecule has 3 heteroatoms. The highest BCUT2D eigenvalue weighted by molar-refractivity contribution is 7.17. The van der Waals surface area contributed by atoms with Crippen LogP contribution in [-0.4, -0.2) is 4.98 Å². The second-order valence-electron chi connectivity index (χ2n) is 4.30. The molecule has 0 aliphatic heterocycles. The van der Waals surface area contributed by atoms with E-state index < -0.39 is 0 Å². The van der Waals surface area contributed by atoms with Crippen LogP contribution < -0.4 is 5.32 Å². The van der Waals surface area contributed by atoms with E-state index in [2.05, 4.69) is 39.9 Å². The van der Waals surface area contributed by atoms with Crippen molar-refractivity contribution in [3.05, 3.63) is 59.2 Å². The Hall–Kier alpha value is -1.87. The van der Waals surface area contributed by atoms with Crippen molar-refractivity contribution in [2.24, 2.45) is 0 Å². The van der Waals surface area contributed by atoms with Gasteiger partial charge in [-0.25, -0.2) is 0 Å². The van der Waals surface area contributed by atoms with Crippen molar-refractivity contribution in [3.8, 4) is 0 Å². The summed E-state index contributed by atoms with van der Waals surface area (Å²) in [7, 11) is 0. The van der Waals surface area contributed by atoms with Gasteiger partial charge in [0.1, 0.15) is 0 Å². The van der Waals surface area contributed by atoms with Crippen LogP contribution in [0.3, 0.4) is 0 Å². The van der Waals surface area contributed by atoms with E-state index in [1.54, 1.807) is 11.3 Å². The molecule has 0 aliphatic rings. The van der Waals surface area contributed by atoms with Crippen molar-refractivity contribution in [2.75, 3.05) is 5.32 Å². The van der Waals surface area contributed by atoms with E-state index >= 15 is 0 Å². The highest BCUT2D eigenvalue weighted by Crippen LogP contribution is 2.24. The topological polar surface area (TPSA) is 24.9 Å². The van der Waals surface area contributed by atoms with Crippen molar-refractivity contribution in [1.29, 1.82) is 0 Å². The third-order valence-corrected chi connectivity index (χ3v) is 3.77. The van der Waals surface area contributed by atoms with Gasteiger partial charge in [-0.05, 0) is 54.1 Å². The summed E-state index contributed by atoms with van der Waals surface area (Å²) in [6.07, 6.45) is 0. The Morgan fingerprint density at radius 1 is 1.17 bits per heavy atom. The summed E-state index contributed by atoms with van der Waals surface area (Å²) in [6, 6.07) is 14.7. The minimum Gasteiger partial charge on any atom is -0.379 e. The number of pyridine rings is 1. The maximum absolute atomic E-state index is 4.48. The third kappa shape index (κ3) is 2.36. The molecule has 0 radical (unpaired) electrons. The van der Waals surface area contributed by atoms with E-state index in [0.717, 1.165) is 23.6 Å². The molecular weight excluding hydrogens is 240 g/mol. The van der Waals surface area contributed by atoms with Gasteiger partial charge in [0, 0.05) is 16.1 Å². The van der Waals surface area contributed by atoms with Gasteiger partial charge in [-0.15, -0.1) is 11.3 Å². The van der Waals surface area contributed by atoms with Crippen LogP contribution in [0.2, 0.25) is 0 Å². The van der Waals surface area contributed by atoms with Crippen LogP contribution in [0, 0.1) is 6.92 Å². The summed E-state index contributed by atoms with van der Waals surface area (Å²) in [5.41, 5.74) is 3.27. The summed E-state index contributed by atoms with van der Waals surface area (Å²) < 4.78 is 1.33. The fourth-order valence-electron chi connectivity index (χ4n) is 1.97. The standard InChI is InChI=1S/C15H14N2S/c1-11-3-2-4-14(17-11)10-16-13-5-6-15-12(9-13)7-8-18-15/h2-9,16H,10H2,1H3. The van der Waals surface area contributed by atoms with Gasteiger partial charge in [0.25, 0.3) is 0 Å². The number of hydrogen-bond acceptors (Lipinski definition) is 3. The molecule has 0 unspecified atom stereocenters. The lowest BCUT2D eigenvalue weighted by Gasteiger charge is -2.06. The maximum Gasteiger partial charge on any atom is 0.0597 e. The Morgan fingerprint density at radius 2 is 2.11 bits per heavy atom. The first-order chi connectivity index (χ1) is 8.81. The van der Waals surface area contributed by atoms with Crippen molar-refractivity contribution in [3.63, 3.8) is 0 Å². The number of rotatable bonds is 3. The number of nitrogens with zero attached hydrogens (tertiary/aromatic N) is 1. The molecule has 1 N–H and O–H groups in total. The zero-order valence-electron chi connectivity index (χ0n) is 10.2. The van der Waals surface area contributed by atoms with Crippen LogP contribution >= 0.6 is 11.3 Å². The van der Waals surface area contributed by atoms with Crippen molar-refractivity contribution in [1.82, 2.24) is 4.98 Å². The van der Waals surface area contributed by atoms with Crippen LogP contribution in [0.4, 0.5) is 5.69 Å². The number of benzene rings is 1. The minimum atomic E-state index is 0.761. The molecule has 0 bridgehead atoms. The molecule has 3 rings (SSSR count). The molecule has 0 amide bonds. The normalized spacial score (nSPS) is 10.7. The Kier molecular flexibility index (Phi) is 2.99. The fraction of sp³-hybridized carbons (Fsp3) is 0.133.